The van der Waals surface area contributed by atoms with E-state index in [1.807, 2.05) is 6.92 Å². The van der Waals surface area contributed by atoms with E-state index in [-0.39, 0.29) is 12.0 Å². The molecule has 1 fully saturated rings. The van der Waals surface area contributed by atoms with Gasteiger partial charge in [-0.15, -0.1) is 11.6 Å². The summed E-state index contributed by atoms with van der Waals surface area (Å²) in [5.41, 5.74) is 0. The van der Waals surface area contributed by atoms with Gasteiger partial charge in [-0.05, 0) is 51.6 Å². The summed E-state index contributed by atoms with van der Waals surface area (Å²) in [6.07, 6.45) is 5.45. The molecule has 106 valence electrons. The van der Waals surface area contributed by atoms with Gasteiger partial charge in [0.05, 0.1) is 6.61 Å². The van der Waals surface area contributed by atoms with Crippen molar-refractivity contribution in [3.63, 3.8) is 0 Å². The van der Waals surface area contributed by atoms with Crippen LogP contribution in [0.25, 0.3) is 0 Å². The summed E-state index contributed by atoms with van der Waals surface area (Å²) in [4.78, 5) is 14.2. The molecule has 1 aliphatic rings. The van der Waals surface area contributed by atoms with E-state index in [1.54, 1.807) is 0 Å². The maximum Gasteiger partial charge on any atom is 0.323 e. The van der Waals surface area contributed by atoms with Crippen molar-refractivity contribution in [2.75, 3.05) is 25.6 Å². The first-order chi connectivity index (χ1) is 8.69. The maximum absolute atomic E-state index is 11.9. The number of rotatable bonds is 7. The van der Waals surface area contributed by atoms with Crippen LogP contribution < -0.4 is 0 Å². The summed E-state index contributed by atoms with van der Waals surface area (Å²) >= 11 is 5.75. The van der Waals surface area contributed by atoms with Crippen molar-refractivity contribution in [2.24, 2.45) is 5.92 Å². The van der Waals surface area contributed by atoms with Crippen LogP contribution in [0.5, 0.6) is 0 Å². The van der Waals surface area contributed by atoms with Crippen molar-refractivity contribution in [3.05, 3.63) is 0 Å². The Hall–Kier alpha value is -0.280. The highest BCUT2D eigenvalue weighted by Gasteiger charge is 2.29. The Labute approximate surface area is 116 Å². The van der Waals surface area contributed by atoms with Crippen LogP contribution >= 0.6 is 11.6 Å². The number of nitrogens with zero attached hydrogens (tertiary/aromatic N) is 1. The molecule has 0 aliphatic carbocycles. The second-order valence-corrected chi connectivity index (χ2v) is 5.55. The molecule has 1 saturated heterocycles. The summed E-state index contributed by atoms with van der Waals surface area (Å²) in [6, 6.07) is -0.0121. The minimum absolute atomic E-state index is 0.0121. The zero-order chi connectivity index (χ0) is 13.4. The van der Waals surface area contributed by atoms with E-state index < -0.39 is 0 Å². The van der Waals surface area contributed by atoms with E-state index in [4.69, 9.17) is 16.3 Å². The molecule has 4 heteroatoms. The van der Waals surface area contributed by atoms with E-state index in [2.05, 4.69) is 11.8 Å². The van der Waals surface area contributed by atoms with Gasteiger partial charge in [0.25, 0.3) is 0 Å². The molecule has 0 radical (unpaired) electrons. The zero-order valence-corrected chi connectivity index (χ0v) is 12.4. The third kappa shape index (κ3) is 5.15. The van der Waals surface area contributed by atoms with Crippen molar-refractivity contribution in [3.8, 4) is 0 Å². The number of alkyl halides is 1. The normalized spacial score (nSPS) is 22.7. The first-order valence-corrected chi connectivity index (χ1v) is 7.69. The molecule has 0 spiro atoms. The molecule has 18 heavy (non-hydrogen) atoms. The van der Waals surface area contributed by atoms with Crippen LogP contribution in [0, 0.1) is 5.92 Å². The van der Waals surface area contributed by atoms with Crippen LogP contribution in [0.15, 0.2) is 0 Å². The van der Waals surface area contributed by atoms with Gasteiger partial charge in [0.2, 0.25) is 0 Å². The summed E-state index contributed by atoms with van der Waals surface area (Å²) < 4.78 is 5.16. The molecule has 0 amide bonds. The minimum Gasteiger partial charge on any atom is -0.465 e. The van der Waals surface area contributed by atoms with Crippen LogP contribution in [-0.4, -0.2) is 42.5 Å². The quantitative estimate of drug-likeness (QED) is 0.528. The number of hydrogen-bond acceptors (Lipinski definition) is 3. The molecule has 0 aromatic heterocycles. The van der Waals surface area contributed by atoms with Crippen molar-refractivity contribution in [2.45, 2.75) is 52.0 Å². The molecule has 1 heterocycles. The number of esters is 1. The first kappa shape index (κ1) is 15.8. The van der Waals surface area contributed by atoms with Gasteiger partial charge in [-0.2, -0.15) is 0 Å². The van der Waals surface area contributed by atoms with E-state index in [0.29, 0.717) is 12.5 Å². The molecule has 3 nitrogen and oxygen atoms in total. The van der Waals surface area contributed by atoms with Crippen molar-refractivity contribution in [1.29, 1.82) is 0 Å². The van der Waals surface area contributed by atoms with Crippen LogP contribution in [0.1, 0.15) is 46.0 Å². The lowest BCUT2D eigenvalue weighted by Gasteiger charge is -2.34. The third-order valence-electron chi connectivity index (χ3n) is 3.68. The molecule has 0 bridgehead atoms. The predicted molar refractivity (Wildman–Crippen MR) is 75.0 cm³/mol. The van der Waals surface area contributed by atoms with Gasteiger partial charge in [-0.25, -0.2) is 0 Å². The van der Waals surface area contributed by atoms with Gasteiger partial charge in [-0.1, -0.05) is 13.3 Å². The molecule has 0 aromatic rings. The van der Waals surface area contributed by atoms with Crippen LogP contribution in [0.3, 0.4) is 0 Å². The first-order valence-electron chi connectivity index (χ1n) is 7.15. The smallest absolute Gasteiger partial charge is 0.323 e. The van der Waals surface area contributed by atoms with Crippen molar-refractivity contribution in [1.82, 2.24) is 4.90 Å². The highest BCUT2D eigenvalue weighted by Crippen LogP contribution is 2.20. The fourth-order valence-electron chi connectivity index (χ4n) is 2.48. The van der Waals surface area contributed by atoms with Crippen LogP contribution in [0.4, 0.5) is 0 Å². The van der Waals surface area contributed by atoms with Crippen molar-refractivity contribution >= 4 is 17.6 Å². The molecular formula is C14H26ClNO2. The van der Waals surface area contributed by atoms with Crippen LogP contribution in [-0.2, 0) is 9.53 Å². The second-order valence-electron chi connectivity index (χ2n) is 5.17. The Morgan fingerprint density at radius 2 is 2.22 bits per heavy atom. The number of halogens is 1. The molecule has 2 atom stereocenters. The fourth-order valence-corrected chi connectivity index (χ4v) is 2.85. The molecule has 1 aliphatic heterocycles. The SMILES string of the molecule is CCOC(=O)C1CCCCN1CCC(C)CCCl. The summed E-state index contributed by atoms with van der Waals surface area (Å²) in [5, 5.41) is 0. The maximum atomic E-state index is 11.9. The minimum atomic E-state index is -0.0396. The fraction of sp³-hybridized carbons (Fsp3) is 0.929. The van der Waals surface area contributed by atoms with Gasteiger partial charge in [0.1, 0.15) is 6.04 Å². The van der Waals surface area contributed by atoms with E-state index in [9.17, 15) is 4.79 Å². The number of likely N-dealkylation sites (tertiary alicyclic amines) is 1. The van der Waals surface area contributed by atoms with Gasteiger partial charge < -0.3 is 4.74 Å². The second kappa shape index (κ2) is 8.76. The van der Waals surface area contributed by atoms with Gasteiger partial charge in [0, 0.05) is 5.88 Å². The Morgan fingerprint density at radius 3 is 2.89 bits per heavy atom. The number of ether oxygens (including phenoxy) is 1. The van der Waals surface area contributed by atoms with E-state index >= 15 is 0 Å². The lowest BCUT2D eigenvalue weighted by atomic mass is 9.99. The molecule has 2 unspecified atom stereocenters. The molecule has 1 rings (SSSR count). The van der Waals surface area contributed by atoms with Crippen LogP contribution in [0.2, 0.25) is 0 Å². The monoisotopic (exact) mass is 275 g/mol. The molecule has 0 aromatic carbocycles. The number of carbonyl (C=O) groups is 1. The average Bonchev–Trinajstić information content (AvgIpc) is 2.37. The highest BCUT2D eigenvalue weighted by molar-refractivity contribution is 6.17. The predicted octanol–water partition coefficient (Wildman–Crippen LogP) is 3.06. The zero-order valence-electron chi connectivity index (χ0n) is 11.7. The van der Waals surface area contributed by atoms with Gasteiger partial charge >= 0.3 is 5.97 Å². The van der Waals surface area contributed by atoms with Crippen molar-refractivity contribution < 1.29 is 9.53 Å². The lowest BCUT2D eigenvalue weighted by molar-refractivity contribution is -0.151. The highest BCUT2D eigenvalue weighted by atomic mass is 35.5. The summed E-state index contributed by atoms with van der Waals surface area (Å²) in [5.74, 6) is 1.32. The standard InChI is InChI=1S/C14H26ClNO2/c1-3-18-14(17)13-6-4-5-10-16(13)11-8-12(2)7-9-15/h12-13H,3-11H2,1-2H3. The lowest BCUT2D eigenvalue weighted by Crippen LogP contribution is -2.46. The van der Waals surface area contributed by atoms with E-state index in [0.717, 1.165) is 44.7 Å². The molecule has 0 saturated carbocycles. The third-order valence-corrected chi connectivity index (χ3v) is 3.90. The Morgan fingerprint density at radius 1 is 1.44 bits per heavy atom. The molecular weight excluding hydrogens is 250 g/mol. The molecule has 0 N–H and O–H groups in total. The number of hydrogen-bond donors (Lipinski definition) is 0. The summed E-state index contributed by atoms with van der Waals surface area (Å²) in [7, 11) is 0. The Kier molecular flexibility index (Phi) is 7.68. The Balaban J connectivity index is 2.41. The average molecular weight is 276 g/mol. The summed E-state index contributed by atoms with van der Waals surface area (Å²) in [6.45, 7) is 6.59. The van der Waals surface area contributed by atoms with Gasteiger partial charge in [0.15, 0.2) is 0 Å². The van der Waals surface area contributed by atoms with E-state index in [1.165, 1.54) is 6.42 Å². The largest absolute Gasteiger partial charge is 0.465 e. The Bertz CT molecular complexity index is 248. The number of carbonyl (C=O) groups excluding carboxylic acids is 1. The number of piperidine rings is 1. The van der Waals surface area contributed by atoms with Gasteiger partial charge in [-0.3, -0.25) is 9.69 Å². The topological polar surface area (TPSA) is 29.5 Å².